The molecule has 8 rings (SSSR count). The van der Waals surface area contributed by atoms with E-state index in [9.17, 15) is 77.2 Å². The Morgan fingerprint density at radius 3 is 1.22 bits per heavy atom. The monoisotopic (exact) mass is 1290 g/mol. The van der Waals surface area contributed by atoms with Crippen LogP contribution in [0.5, 0.6) is 0 Å². The van der Waals surface area contributed by atoms with Crippen molar-refractivity contribution in [1.29, 1.82) is 0 Å². The van der Waals surface area contributed by atoms with Gasteiger partial charge in [0.1, 0.15) is 29.9 Å². The molecule has 0 saturated carbocycles. The lowest BCUT2D eigenvalue weighted by molar-refractivity contribution is -0.511. The highest BCUT2D eigenvalue weighted by atomic mass is 19.4. The minimum absolute atomic E-state index is 0.0216. The average Bonchev–Trinajstić information content (AvgIpc) is 0.782. The van der Waals surface area contributed by atoms with Crippen molar-refractivity contribution >= 4 is 18.3 Å². The third-order valence-corrected chi connectivity index (χ3v) is 14.5. The van der Waals surface area contributed by atoms with E-state index in [4.69, 9.17) is 23.7 Å². The minimum atomic E-state index is -5.05. The van der Waals surface area contributed by atoms with Crippen LogP contribution < -0.4 is 5.32 Å². The van der Waals surface area contributed by atoms with Crippen LogP contribution in [0, 0.1) is 10.1 Å². The highest BCUT2D eigenvalue weighted by Gasteiger charge is 2.49. The summed E-state index contributed by atoms with van der Waals surface area (Å²) < 4.78 is 191. The van der Waals surface area contributed by atoms with Gasteiger partial charge in [-0.15, -0.1) is 0 Å². The Bertz CT molecular complexity index is 3450. The molecule has 0 fully saturated rings. The Hall–Kier alpha value is -8.91. The number of nitrogens with zero attached hydrogens (tertiary/aromatic N) is 3. The summed E-state index contributed by atoms with van der Waals surface area (Å²) in [6, 6.07) is 34.6. The Morgan fingerprint density at radius 1 is 0.538 bits per heavy atom. The Kier molecular flexibility index (Phi) is 21.8. The maximum absolute atomic E-state index is 13.9. The van der Waals surface area contributed by atoms with Crippen molar-refractivity contribution in [2.45, 2.75) is 114 Å². The van der Waals surface area contributed by atoms with Crippen molar-refractivity contribution in [2.24, 2.45) is 0 Å². The number of hydrogen-bond donors (Lipinski definition) is 1. The van der Waals surface area contributed by atoms with Crippen molar-refractivity contribution in [3.05, 3.63) is 248 Å². The Balaban J connectivity index is 0.000000260. The van der Waals surface area contributed by atoms with Gasteiger partial charge in [-0.1, -0.05) is 133 Å². The lowest BCUT2D eigenvalue weighted by Gasteiger charge is -2.46. The average molecular weight is 1290 g/mol. The summed E-state index contributed by atoms with van der Waals surface area (Å²) in [5.74, 6) is 0. The van der Waals surface area contributed by atoms with Crippen LogP contribution in [0.1, 0.15) is 102 Å². The van der Waals surface area contributed by atoms with Gasteiger partial charge in [0.25, 0.3) is 0 Å². The summed E-state index contributed by atoms with van der Waals surface area (Å²) in [5, 5.41) is 14.4. The molecule has 486 valence electrons. The third kappa shape index (κ3) is 18.4. The number of benzene rings is 6. The number of alkyl carbamates (subject to hydrolysis) is 1. The summed E-state index contributed by atoms with van der Waals surface area (Å²) in [6.07, 6.45) is -19.4. The van der Waals surface area contributed by atoms with E-state index in [-0.39, 0.29) is 37.5 Å². The topological polar surface area (TPSA) is 159 Å². The molecule has 2 heterocycles. The van der Waals surface area contributed by atoms with E-state index in [2.05, 4.69) is 5.32 Å². The van der Waals surface area contributed by atoms with Crippen molar-refractivity contribution < 1.29 is 95.7 Å². The molecular weight excluding hydrogens is 1220 g/mol. The number of rotatable bonds is 16. The molecule has 3 amide bonds. The molecule has 0 aliphatic carbocycles. The summed E-state index contributed by atoms with van der Waals surface area (Å²) in [5.41, 5.74) is -8.21. The lowest BCUT2D eigenvalue weighted by Crippen LogP contribution is -2.59. The van der Waals surface area contributed by atoms with E-state index >= 15 is 0 Å². The van der Waals surface area contributed by atoms with E-state index in [0.29, 0.717) is 46.5 Å². The number of halogens is 12. The zero-order valence-corrected chi connectivity index (χ0v) is 49.3. The number of ether oxygens (including phenoxy) is 5. The molecule has 2 aliphatic heterocycles. The fraction of sp³-hybridized carbons (Fsp3) is 0.338. The molecule has 0 radical (unpaired) electrons. The number of amides is 3. The first-order valence-corrected chi connectivity index (χ1v) is 28.0. The van der Waals surface area contributed by atoms with Gasteiger partial charge in [0, 0.05) is 11.5 Å². The smallest absolute Gasteiger partial charge is 0.416 e. The second kappa shape index (κ2) is 28.5. The number of carbonyl (C=O) groups is 3. The van der Waals surface area contributed by atoms with Gasteiger partial charge in [-0.2, -0.15) is 52.7 Å². The predicted molar refractivity (Wildman–Crippen MR) is 307 cm³/mol. The summed E-state index contributed by atoms with van der Waals surface area (Å²) in [6.45, 7) is 5.97. The Labute approximate surface area is 515 Å². The summed E-state index contributed by atoms with van der Waals surface area (Å²) in [7, 11) is 0. The van der Waals surface area contributed by atoms with Gasteiger partial charge >= 0.3 is 43.0 Å². The molecule has 6 aromatic carbocycles. The van der Waals surface area contributed by atoms with Crippen LogP contribution in [0.2, 0.25) is 0 Å². The summed E-state index contributed by atoms with van der Waals surface area (Å²) in [4.78, 5) is 53.5. The van der Waals surface area contributed by atoms with E-state index < -0.39 is 136 Å². The molecular formula is C65H62F12N4O10. The number of hydrogen-bond acceptors (Lipinski definition) is 10. The fourth-order valence-electron chi connectivity index (χ4n) is 9.82. The van der Waals surface area contributed by atoms with E-state index in [0.717, 1.165) is 4.90 Å². The van der Waals surface area contributed by atoms with Crippen LogP contribution in [-0.2, 0) is 72.7 Å². The SMILES string of the molecule is C[C@@H](OC[C@@]1(c2ccccc2)C=CC(NC(=O)OC(C)(C)C)CN1C(=O)OCc1ccccc1)c1cc(C(F)(F)F)cc(C(F)(F)F)c1.C[C@@H](OC[C@@]1(c2ccccc2)C=CC([N+](=O)[O-])CN1C(=O)OCc1ccccc1)c1cc(C(F)(F)F)cc(C(F)(F)F)c1. The first-order valence-electron chi connectivity index (χ1n) is 28.0. The molecule has 0 bridgehead atoms. The molecule has 91 heavy (non-hydrogen) atoms. The lowest BCUT2D eigenvalue weighted by atomic mass is 9.84. The first kappa shape index (κ1) is 69.6. The second-order valence-corrected chi connectivity index (χ2v) is 22.3. The van der Waals surface area contributed by atoms with Crippen LogP contribution >= 0.6 is 0 Å². The molecule has 0 spiro atoms. The van der Waals surface area contributed by atoms with Gasteiger partial charge in [0.05, 0.1) is 60.3 Å². The number of nitrogens with one attached hydrogen (secondary N) is 1. The van der Waals surface area contributed by atoms with Crippen LogP contribution in [0.15, 0.2) is 182 Å². The number of nitro groups is 1. The maximum Gasteiger partial charge on any atom is 0.416 e. The van der Waals surface area contributed by atoms with Gasteiger partial charge < -0.3 is 29.0 Å². The van der Waals surface area contributed by atoms with Gasteiger partial charge in [-0.3, -0.25) is 19.9 Å². The van der Waals surface area contributed by atoms with Crippen molar-refractivity contribution in [3.63, 3.8) is 0 Å². The number of carbonyl (C=O) groups excluding carboxylic acids is 3. The molecule has 1 N–H and O–H groups in total. The normalized spacial score (nSPS) is 19.3. The van der Waals surface area contributed by atoms with Crippen LogP contribution in [0.25, 0.3) is 0 Å². The molecule has 14 nitrogen and oxygen atoms in total. The second-order valence-electron chi connectivity index (χ2n) is 22.3. The molecule has 2 unspecified atom stereocenters. The quantitative estimate of drug-likeness (QED) is 0.0325. The third-order valence-electron chi connectivity index (χ3n) is 14.5. The van der Waals surface area contributed by atoms with E-state index in [1.165, 1.54) is 30.9 Å². The van der Waals surface area contributed by atoms with Crippen LogP contribution in [-0.4, -0.2) is 77.0 Å². The molecule has 0 saturated heterocycles. The van der Waals surface area contributed by atoms with Gasteiger partial charge in [-0.05, 0) is 117 Å². The Morgan fingerprint density at radius 2 is 0.879 bits per heavy atom. The van der Waals surface area contributed by atoms with Crippen molar-refractivity contribution in [3.8, 4) is 0 Å². The minimum Gasteiger partial charge on any atom is -0.445 e. The summed E-state index contributed by atoms with van der Waals surface area (Å²) >= 11 is 0. The van der Waals surface area contributed by atoms with Gasteiger partial charge in [0.2, 0.25) is 6.04 Å². The molecule has 0 aromatic heterocycles. The van der Waals surface area contributed by atoms with Crippen molar-refractivity contribution in [1.82, 2.24) is 15.1 Å². The zero-order chi connectivity index (χ0) is 66.7. The van der Waals surface area contributed by atoms with E-state index in [1.54, 1.807) is 154 Å². The van der Waals surface area contributed by atoms with Crippen LogP contribution in [0.3, 0.4) is 0 Å². The van der Waals surface area contributed by atoms with Gasteiger partial charge in [0.15, 0.2) is 0 Å². The highest BCUT2D eigenvalue weighted by molar-refractivity contribution is 5.72. The van der Waals surface area contributed by atoms with Crippen molar-refractivity contribution in [2.75, 3.05) is 26.3 Å². The molecule has 26 heteroatoms. The van der Waals surface area contributed by atoms with E-state index in [1.807, 2.05) is 0 Å². The van der Waals surface area contributed by atoms with Crippen LogP contribution in [0.4, 0.5) is 67.1 Å². The fourth-order valence-corrected chi connectivity index (χ4v) is 9.82. The first-order chi connectivity index (χ1) is 42.6. The predicted octanol–water partition coefficient (Wildman–Crippen LogP) is 16.4. The van der Waals surface area contributed by atoms with Gasteiger partial charge in [-0.25, -0.2) is 14.4 Å². The number of alkyl halides is 12. The standard InChI is InChI=1S/C35H36F6N2O5.C30H26F6N2O5/c1-23(25-17-27(34(36,37)38)19-28(18-25)35(39,40)41)47-22-33(26-13-9-6-10-14-26)16-15-29(42-30(44)48-32(2,3)4)20-43(33)31(45)46-21-24-11-7-5-8-12-24;1-20(22-14-24(29(31,32)33)16-25(15-22)30(34,35)36)43-19-28(23-10-6-3-7-11-23)13-12-26(38(40)41)17-37(28)27(39)42-18-21-8-4-2-5-9-21/h5-19,23,29H,20-22H2,1-4H3,(H,42,44);2-16,20,26H,17-19H2,1H3/t23-,29?,33-;20-,26?,28-/m11/s1. The largest absolute Gasteiger partial charge is 0.445 e. The molecule has 2 aliphatic rings. The molecule has 6 atom stereocenters. The molecule has 6 aromatic rings. The zero-order valence-electron chi connectivity index (χ0n) is 49.3. The highest BCUT2D eigenvalue weighted by Crippen LogP contribution is 2.43. The maximum atomic E-state index is 13.9.